The predicted octanol–water partition coefficient (Wildman–Crippen LogP) is 2.84. The van der Waals surface area contributed by atoms with Gasteiger partial charge in [-0.3, -0.25) is 9.59 Å². The van der Waals surface area contributed by atoms with Crippen LogP contribution in [-0.2, 0) is 6.42 Å². The van der Waals surface area contributed by atoms with Crippen molar-refractivity contribution in [2.75, 3.05) is 11.9 Å². The summed E-state index contributed by atoms with van der Waals surface area (Å²) < 4.78 is 0. The number of hydrogen-bond donors (Lipinski definition) is 2. The van der Waals surface area contributed by atoms with Crippen molar-refractivity contribution < 1.29 is 9.59 Å². The molecule has 112 valence electrons. The summed E-state index contributed by atoms with van der Waals surface area (Å²) in [4.78, 5) is 24.2. The van der Waals surface area contributed by atoms with Gasteiger partial charge in [-0.05, 0) is 50.1 Å². The van der Waals surface area contributed by atoms with Gasteiger partial charge in [-0.15, -0.1) is 0 Å². The van der Waals surface area contributed by atoms with Crippen LogP contribution in [0.15, 0.2) is 36.4 Å². The molecule has 2 N–H and O–H groups in total. The number of fused-ring (bicyclic) bond motifs is 1. The van der Waals surface area contributed by atoms with Crippen LogP contribution in [0.2, 0.25) is 0 Å². The number of carbonyl (C=O) groups excluding carboxylic acids is 2. The molecule has 0 fully saturated rings. The highest BCUT2D eigenvalue weighted by atomic mass is 16.2. The maximum absolute atomic E-state index is 12.4. The highest BCUT2D eigenvalue weighted by Crippen LogP contribution is 2.20. The molecule has 2 amide bonds. The molecule has 0 unspecified atom stereocenters. The van der Waals surface area contributed by atoms with Gasteiger partial charge in [0.2, 0.25) is 0 Å². The van der Waals surface area contributed by atoms with Gasteiger partial charge in [0, 0.05) is 23.4 Å². The number of rotatable bonds is 2. The van der Waals surface area contributed by atoms with Crippen LogP contribution < -0.4 is 10.6 Å². The topological polar surface area (TPSA) is 58.2 Å². The van der Waals surface area contributed by atoms with E-state index < -0.39 is 0 Å². The maximum Gasteiger partial charge on any atom is 0.255 e. The van der Waals surface area contributed by atoms with Crippen LogP contribution in [0.1, 0.15) is 37.4 Å². The Bertz CT molecular complexity index is 745. The summed E-state index contributed by atoms with van der Waals surface area (Å²) in [6.07, 6.45) is 0.826. The molecular weight excluding hydrogens is 276 g/mol. The number of amides is 2. The van der Waals surface area contributed by atoms with E-state index in [2.05, 4.69) is 10.6 Å². The van der Waals surface area contributed by atoms with Crippen molar-refractivity contribution in [3.8, 4) is 0 Å². The van der Waals surface area contributed by atoms with E-state index in [0.717, 1.165) is 23.1 Å². The first-order chi connectivity index (χ1) is 10.5. The summed E-state index contributed by atoms with van der Waals surface area (Å²) in [5.74, 6) is -0.244. The average Bonchev–Trinajstić information content (AvgIpc) is 2.47. The van der Waals surface area contributed by atoms with E-state index in [9.17, 15) is 9.59 Å². The molecule has 1 aliphatic rings. The van der Waals surface area contributed by atoms with Crippen LogP contribution in [0.25, 0.3) is 0 Å². The van der Waals surface area contributed by atoms with Crippen LogP contribution in [0, 0.1) is 13.8 Å². The van der Waals surface area contributed by atoms with Gasteiger partial charge in [0.15, 0.2) is 0 Å². The number of anilines is 1. The Morgan fingerprint density at radius 2 is 1.82 bits per heavy atom. The first-order valence-corrected chi connectivity index (χ1v) is 7.34. The van der Waals surface area contributed by atoms with Gasteiger partial charge in [-0.1, -0.05) is 23.3 Å². The molecule has 1 heterocycles. The van der Waals surface area contributed by atoms with Crippen LogP contribution in [-0.4, -0.2) is 18.4 Å². The van der Waals surface area contributed by atoms with Gasteiger partial charge in [0.05, 0.1) is 0 Å². The molecule has 22 heavy (non-hydrogen) atoms. The van der Waals surface area contributed by atoms with Crippen LogP contribution in [0.4, 0.5) is 5.69 Å². The highest BCUT2D eigenvalue weighted by molar-refractivity contribution is 6.05. The molecule has 0 radical (unpaired) electrons. The van der Waals surface area contributed by atoms with Crippen LogP contribution >= 0.6 is 0 Å². The Morgan fingerprint density at radius 3 is 2.55 bits per heavy atom. The minimum atomic E-state index is -0.164. The summed E-state index contributed by atoms with van der Waals surface area (Å²) >= 11 is 0. The molecule has 0 aromatic heterocycles. The molecule has 4 heteroatoms. The van der Waals surface area contributed by atoms with Gasteiger partial charge >= 0.3 is 0 Å². The zero-order chi connectivity index (χ0) is 15.7. The van der Waals surface area contributed by atoms with Gasteiger partial charge in [0.1, 0.15) is 0 Å². The van der Waals surface area contributed by atoms with E-state index in [1.165, 1.54) is 0 Å². The summed E-state index contributed by atoms with van der Waals surface area (Å²) in [6.45, 7) is 4.60. The maximum atomic E-state index is 12.4. The third-order valence-electron chi connectivity index (χ3n) is 3.78. The van der Waals surface area contributed by atoms with Crippen molar-refractivity contribution in [3.63, 3.8) is 0 Å². The zero-order valence-electron chi connectivity index (χ0n) is 12.7. The Labute approximate surface area is 129 Å². The standard InChI is InChI=1S/C18H18N2O2/c1-11-7-12(2)9-14(8-11)17(21)20-15-4-3-13-5-6-19-18(22)16(13)10-15/h3-4,7-10H,5-6H2,1-2H3,(H,19,22)(H,20,21). The third-order valence-corrected chi connectivity index (χ3v) is 3.78. The summed E-state index contributed by atoms with van der Waals surface area (Å²) in [5.41, 5.74) is 5.03. The van der Waals surface area contributed by atoms with Crippen molar-refractivity contribution in [1.82, 2.24) is 5.32 Å². The Hall–Kier alpha value is -2.62. The number of hydrogen-bond acceptors (Lipinski definition) is 2. The summed E-state index contributed by atoms with van der Waals surface area (Å²) in [6, 6.07) is 11.2. The van der Waals surface area contributed by atoms with Crippen molar-refractivity contribution in [1.29, 1.82) is 0 Å². The van der Waals surface area contributed by atoms with E-state index >= 15 is 0 Å². The van der Waals surface area contributed by atoms with Crippen LogP contribution in [0.5, 0.6) is 0 Å². The van der Waals surface area contributed by atoms with Crippen molar-refractivity contribution in [3.05, 3.63) is 64.2 Å². The monoisotopic (exact) mass is 294 g/mol. The van der Waals surface area contributed by atoms with Crippen LogP contribution in [0.3, 0.4) is 0 Å². The SMILES string of the molecule is Cc1cc(C)cc(C(=O)Nc2ccc3c(c2)C(=O)NCC3)c1. The second-order valence-electron chi connectivity index (χ2n) is 5.71. The minimum Gasteiger partial charge on any atom is -0.352 e. The molecule has 4 nitrogen and oxygen atoms in total. The Morgan fingerprint density at radius 1 is 1.09 bits per heavy atom. The zero-order valence-corrected chi connectivity index (χ0v) is 12.7. The Balaban J connectivity index is 1.85. The number of carbonyl (C=O) groups is 2. The van der Waals surface area contributed by atoms with Crippen molar-refractivity contribution >= 4 is 17.5 Å². The van der Waals surface area contributed by atoms with E-state index in [4.69, 9.17) is 0 Å². The van der Waals surface area contributed by atoms with E-state index in [-0.39, 0.29) is 11.8 Å². The van der Waals surface area contributed by atoms with Gasteiger partial charge < -0.3 is 10.6 Å². The fourth-order valence-electron chi connectivity index (χ4n) is 2.80. The molecule has 0 saturated carbocycles. The lowest BCUT2D eigenvalue weighted by molar-refractivity contribution is 0.0944. The number of nitrogens with one attached hydrogen (secondary N) is 2. The van der Waals surface area contributed by atoms with Crippen molar-refractivity contribution in [2.45, 2.75) is 20.3 Å². The number of aryl methyl sites for hydroxylation is 2. The van der Waals surface area contributed by atoms with Gasteiger partial charge in [-0.2, -0.15) is 0 Å². The lowest BCUT2D eigenvalue weighted by Crippen LogP contribution is -2.31. The molecular formula is C18H18N2O2. The molecule has 0 bridgehead atoms. The van der Waals surface area contributed by atoms with Gasteiger partial charge in [-0.25, -0.2) is 0 Å². The molecule has 0 aliphatic carbocycles. The second-order valence-corrected chi connectivity index (χ2v) is 5.71. The normalized spacial score (nSPS) is 13.3. The van der Waals surface area contributed by atoms with E-state index in [0.29, 0.717) is 23.4 Å². The Kier molecular flexibility index (Phi) is 3.67. The molecule has 0 saturated heterocycles. The van der Waals surface area contributed by atoms with Gasteiger partial charge in [0.25, 0.3) is 11.8 Å². The fourth-order valence-corrected chi connectivity index (χ4v) is 2.80. The second kappa shape index (κ2) is 5.64. The minimum absolute atomic E-state index is 0.0799. The quantitative estimate of drug-likeness (QED) is 0.895. The molecule has 2 aromatic rings. The largest absolute Gasteiger partial charge is 0.352 e. The van der Waals surface area contributed by atoms with Crippen molar-refractivity contribution in [2.24, 2.45) is 0 Å². The average molecular weight is 294 g/mol. The lowest BCUT2D eigenvalue weighted by atomic mass is 9.99. The highest BCUT2D eigenvalue weighted by Gasteiger charge is 2.17. The van der Waals surface area contributed by atoms with E-state index in [1.807, 2.05) is 44.2 Å². The molecule has 0 spiro atoms. The molecule has 2 aromatic carbocycles. The first kappa shape index (κ1) is 14.3. The summed E-state index contributed by atoms with van der Waals surface area (Å²) in [5, 5.41) is 5.68. The summed E-state index contributed by atoms with van der Waals surface area (Å²) in [7, 11) is 0. The first-order valence-electron chi connectivity index (χ1n) is 7.34. The fraction of sp³-hybridized carbons (Fsp3) is 0.222. The lowest BCUT2D eigenvalue weighted by Gasteiger charge is -2.17. The third kappa shape index (κ3) is 2.86. The molecule has 0 atom stereocenters. The smallest absolute Gasteiger partial charge is 0.255 e. The van der Waals surface area contributed by atoms with E-state index in [1.54, 1.807) is 6.07 Å². The molecule has 1 aliphatic heterocycles. The molecule has 3 rings (SSSR count). The predicted molar refractivity (Wildman–Crippen MR) is 86.3 cm³/mol. The number of benzene rings is 2.